The highest BCUT2D eigenvalue weighted by Gasteiger charge is 2.29. The lowest BCUT2D eigenvalue weighted by Crippen LogP contribution is -2.16. The number of carbonyl (C=O) groups is 1. The predicted octanol–water partition coefficient (Wildman–Crippen LogP) is 2.25. The minimum atomic E-state index is -0.728. The average Bonchev–Trinajstić information content (AvgIpc) is 3.12. The first-order chi connectivity index (χ1) is 8.24. The number of aliphatic carboxylic acids is 1. The van der Waals surface area contributed by atoms with E-state index < -0.39 is 5.97 Å². The van der Waals surface area contributed by atoms with Gasteiger partial charge in [0, 0.05) is 17.8 Å². The van der Waals surface area contributed by atoms with Crippen molar-refractivity contribution in [3.8, 4) is 0 Å². The molecule has 0 spiro atoms. The Kier molecular flexibility index (Phi) is 2.57. The largest absolute Gasteiger partial charge is 0.481 e. The number of aryl methyl sites for hydroxylation is 1. The second kappa shape index (κ2) is 4.09. The second-order valence-corrected chi connectivity index (χ2v) is 5.09. The molecule has 0 saturated heterocycles. The number of fused-ring (bicyclic) bond motifs is 1. The van der Waals surface area contributed by atoms with Gasteiger partial charge in [0.1, 0.15) is 5.82 Å². The quantitative estimate of drug-likeness (QED) is 0.868. The Morgan fingerprint density at radius 2 is 2.24 bits per heavy atom. The SMILES string of the molecule is O=C(O)CC1CCCc2nc(C3CC3)ncc21. The molecule has 1 heterocycles. The van der Waals surface area contributed by atoms with Gasteiger partial charge in [-0.25, -0.2) is 9.97 Å². The third-order valence-electron chi connectivity index (χ3n) is 3.69. The van der Waals surface area contributed by atoms with Crippen LogP contribution in [0.5, 0.6) is 0 Å². The smallest absolute Gasteiger partial charge is 0.303 e. The van der Waals surface area contributed by atoms with Crippen molar-refractivity contribution >= 4 is 5.97 Å². The Balaban J connectivity index is 1.89. The minimum absolute atomic E-state index is 0.115. The van der Waals surface area contributed by atoms with E-state index in [0.717, 1.165) is 36.3 Å². The van der Waals surface area contributed by atoms with Crippen LogP contribution in [-0.4, -0.2) is 21.0 Å². The van der Waals surface area contributed by atoms with Crippen LogP contribution in [0, 0.1) is 0 Å². The normalized spacial score (nSPS) is 23.2. The molecule has 1 atom stereocenters. The zero-order chi connectivity index (χ0) is 11.8. The first-order valence-electron chi connectivity index (χ1n) is 6.31. The highest BCUT2D eigenvalue weighted by molar-refractivity contribution is 5.68. The number of hydrogen-bond acceptors (Lipinski definition) is 3. The molecule has 2 aliphatic rings. The first kappa shape index (κ1) is 10.7. The van der Waals surface area contributed by atoms with Crippen molar-refractivity contribution in [1.82, 2.24) is 9.97 Å². The summed E-state index contributed by atoms with van der Waals surface area (Å²) in [6.07, 6.45) is 7.47. The van der Waals surface area contributed by atoms with Crippen molar-refractivity contribution in [2.24, 2.45) is 0 Å². The summed E-state index contributed by atoms with van der Waals surface area (Å²) < 4.78 is 0. The third-order valence-corrected chi connectivity index (χ3v) is 3.69. The minimum Gasteiger partial charge on any atom is -0.481 e. The Bertz CT molecular complexity index is 455. The van der Waals surface area contributed by atoms with Crippen LogP contribution in [0.4, 0.5) is 0 Å². The summed E-state index contributed by atoms with van der Waals surface area (Å²) in [5.41, 5.74) is 2.17. The maximum absolute atomic E-state index is 10.8. The van der Waals surface area contributed by atoms with Gasteiger partial charge < -0.3 is 5.11 Å². The van der Waals surface area contributed by atoms with Gasteiger partial charge in [-0.15, -0.1) is 0 Å². The highest BCUT2D eigenvalue weighted by Crippen LogP contribution is 2.39. The Labute approximate surface area is 100 Å². The fourth-order valence-corrected chi connectivity index (χ4v) is 2.62. The average molecular weight is 232 g/mol. The van der Waals surface area contributed by atoms with Crippen molar-refractivity contribution < 1.29 is 9.90 Å². The molecule has 17 heavy (non-hydrogen) atoms. The molecule has 1 fully saturated rings. The van der Waals surface area contributed by atoms with E-state index in [-0.39, 0.29) is 12.3 Å². The van der Waals surface area contributed by atoms with Crippen molar-refractivity contribution in [2.45, 2.75) is 50.4 Å². The van der Waals surface area contributed by atoms with E-state index >= 15 is 0 Å². The zero-order valence-electron chi connectivity index (χ0n) is 9.72. The monoisotopic (exact) mass is 232 g/mol. The highest BCUT2D eigenvalue weighted by atomic mass is 16.4. The topological polar surface area (TPSA) is 63.1 Å². The third kappa shape index (κ3) is 2.16. The number of carboxylic acids is 1. The summed E-state index contributed by atoms with van der Waals surface area (Å²) >= 11 is 0. The molecule has 1 N–H and O–H groups in total. The van der Waals surface area contributed by atoms with Crippen LogP contribution < -0.4 is 0 Å². The standard InChI is InChI=1S/C13H16N2O2/c16-12(17)6-9-2-1-3-11-10(9)7-14-13(15-11)8-4-5-8/h7-9H,1-6H2,(H,16,17). The van der Waals surface area contributed by atoms with E-state index in [9.17, 15) is 4.79 Å². The van der Waals surface area contributed by atoms with Crippen LogP contribution in [0.2, 0.25) is 0 Å². The molecule has 1 aromatic heterocycles. The molecule has 2 aliphatic carbocycles. The van der Waals surface area contributed by atoms with Crippen LogP contribution >= 0.6 is 0 Å². The van der Waals surface area contributed by atoms with Gasteiger partial charge >= 0.3 is 5.97 Å². The molecule has 0 radical (unpaired) electrons. The van der Waals surface area contributed by atoms with E-state index in [4.69, 9.17) is 5.11 Å². The number of carboxylic acid groups (broad SMARTS) is 1. The molecule has 1 saturated carbocycles. The molecule has 0 aromatic carbocycles. The Hall–Kier alpha value is -1.45. The van der Waals surface area contributed by atoms with E-state index in [1.165, 1.54) is 12.8 Å². The summed E-state index contributed by atoms with van der Waals surface area (Å²) in [5.74, 6) is 0.929. The first-order valence-corrected chi connectivity index (χ1v) is 6.31. The molecule has 0 bridgehead atoms. The van der Waals surface area contributed by atoms with Crippen LogP contribution in [0.3, 0.4) is 0 Å². The Morgan fingerprint density at radius 3 is 2.94 bits per heavy atom. The lowest BCUT2D eigenvalue weighted by molar-refractivity contribution is -0.137. The molecule has 4 nitrogen and oxygen atoms in total. The summed E-state index contributed by atoms with van der Waals surface area (Å²) in [6.45, 7) is 0. The second-order valence-electron chi connectivity index (χ2n) is 5.09. The molecule has 3 rings (SSSR count). The van der Waals surface area contributed by atoms with Gasteiger partial charge in [-0.2, -0.15) is 0 Å². The molecule has 4 heteroatoms. The van der Waals surface area contributed by atoms with Gasteiger partial charge in [-0.1, -0.05) is 0 Å². The number of aromatic nitrogens is 2. The van der Waals surface area contributed by atoms with E-state index in [1.807, 2.05) is 6.20 Å². The fourth-order valence-electron chi connectivity index (χ4n) is 2.62. The predicted molar refractivity (Wildman–Crippen MR) is 61.9 cm³/mol. The van der Waals surface area contributed by atoms with Gasteiger partial charge in [0.05, 0.1) is 6.42 Å². The summed E-state index contributed by atoms with van der Waals surface area (Å²) in [5, 5.41) is 8.90. The van der Waals surface area contributed by atoms with Crippen molar-refractivity contribution in [3.63, 3.8) is 0 Å². The molecular weight excluding hydrogens is 216 g/mol. The summed E-state index contributed by atoms with van der Waals surface area (Å²) in [6, 6.07) is 0. The van der Waals surface area contributed by atoms with Crippen LogP contribution in [0.1, 0.15) is 61.0 Å². The fraction of sp³-hybridized carbons (Fsp3) is 0.615. The Morgan fingerprint density at radius 1 is 1.41 bits per heavy atom. The van der Waals surface area contributed by atoms with Crippen molar-refractivity contribution in [1.29, 1.82) is 0 Å². The van der Waals surface area contributed by atoms with Gasteiger partial charge in [-0.3, -0.25) is 4.79 Å². The van der Waals surface area contributed by atoms with Crippen LogP contribution in [0.25, 0.3) is 0 Å². The van der Waals surface area contributed by atoms with E-state index in [0.29, 0.717) is 5.92 Å². The van der Waals surface area contributed by atoms with E-state index in [1.54, 1.807) is 0 Å². The maximum atomic E-state index is 10.8. The molecular formula is C13H16N2O2. The molecule has 0 amide bonds. The summed E-state index contributed by atoms with van der Waals surface area (Å²) in [7, 11) is 0. The lowest BCUT2D eigenvalue weighted by atomic mass is 9.84. The molecule has 0 aliphatic heterocycles. The summed E-state index contributed by atoms with van der Waals surface area (Å²) in [4.78, 5) is 19.9. The van der Waals surface area contributed by atoms with E-state index in [2.05, 4.69) is 9.97 Å². The van der Waals surface area contributed by atoms with Crippen molar-refractivity contribution in [2.75, 3.05) is 0 Å². The molecule has 90 valence electrons. The number of hydrogen-bond donors (Lipinski definition) is 1. The van der Waals surface area contributed by atoms with Gasteiger partial charge in [0.15, 0.2) is 0 Å². The maximum Gasteiger partial charge on any atom is 0.303 e. The van der Waals surface area contributed by atoms with Gasteiger partial charge in [0.25, 0.3) is 0 Å². The van der Waals surface area contributed by atoms with Gasteiger partial charge in [0.2, 0.25) is 0 Å². The molecule has 1 unspecified atom stereocenters. The number of nitrogens with zero attached hydrogens (tertiary/aromatic N) is 2. The molecule has 1 aromatic rings. The van der Waals surface area contributed by atoms with Crippen molar-refractivity contribution in [3.05, 3.63) is 23.3 Å². The van der Waals surface area contributed by atoms with Gasteiger partial charge in [-0.05, 0) is 43.6 Å². The van der Waals surface area contributed by atoms with Crippen LogP contribution in [0.15, 0.2) is 6.20 Å². The lowest BCUT2D eigenvalue weighted by Gasteiger charge is -2.23. The zero-order valence-corrected chi connectivity index (χ0v) is 9.72. The van der Waals surface area contributed by atoms with Crippen LogP contribution in [-0.2, 0) is 11.2 Å². The number of rotatable bonds is 3.